The molecule has 0 aromatic rings. The lowest BCUT2D eigenvalue weighted by Crippen LogP contribution is -2.36. The van der Waals surface area contributed by atoms with Gasteiger partial charge in [0.05, 0.1) is 6.61 Å². The Morgan fingerprint density at radius 3 is 2.86 bits per heavy atom. The molecule has 0 saturated heterocycles. The molecule has 3 aliphatic rings. The Morgan fingerprint density at radius 1 is 1.41 bits per heavy atom. The van der Waals surface area contributed by atoms with Gasteiger partial charge >= 0.3 is 12.1 Å². The molecule has 0 radical (unpaired) electrons. The van der Waals surface area contributed by atoms with Crippen LogP contribution in [0.2, 0.25) is 0 Å². The smallest absolute Gasteiger partial charge is 0.435 e. The molecule has 2 aliphatic carbocycles. The summed E-state index contributed by atoms with van der Waals surface area (Å²) in [4.78, 5) is 26.0. The van der Waals surface area contributed by atoms with E-state index >= 15 is 0 Å². The highest BCUT2D eigenvalue weighted by Gasteiger charge is 2.51. The maximum atomic E-state index is 12.2. The lowest BCUT2D eigenvalue weighted by atomic mass is 9.61. The maximum Gasteiger partial charge on any atom is 0.509 e. The Bertz CT molecular complexity index is 714. The first-order valence-corrected chi connectivity index (χ1v) is 11.7. The van der Waals surface area contributed by atoms with Crippen LogP contribution in [-0.2, 0) is 19.0 Å². The zero-order valence-electron chi connectivity index (χ0n) is 18.0. The summed E-state index contributed by atoms with van der Waals surface area (Å²) in [6.45, 7) is 8.24. The summed E-state index contributed by atoms with van der Waals surface area (Å²) in [6, 6.07) is 0. The number of fused-ring (bicyclic) bond motifs is 1. The third-order valence-electron chi connectivity index (χ3n) is 7.33. The van der Waals surface area contributed by atoms with Crippen molar-refractivity contribution in [1.29, 1.82) is 0 Å². The normalized spacial score (nSPS) is 36.4. The van der Waals surface area contributed by atoms with Crippen molar-refractivity contribution in [3.8, 4) is 0 Å². The van der Waals surface area contributed by atoms with Gasteiger partial charge in [0.25, 0.3) is 0 Å². The van der Waals surface area contributed by atoms with Crippen LogP contribution < -0.4 is 0 Å². The van der Waals surface area contributed by atoms with E-state index in [1.165, 1.54) is 32.1 Å². The average molecular weight is 469 g/mol. The van der Waals surface area contributed by atoms with E-state index in [2.05, 4.69) is 34.8 Å². The molecule has 1 heterocycles. The molecular formula is C23H33BrO5. The second-order valence-electron chi connectivity index (χ2n) is 9.19. The van der Waals surface area contributed by atoms with E-state index in [4.69, 9.17) is 14.2 Å². The van der Waals surface area contributed by atoms with Crippen LogP contribution in [0.3, 0.4) is 0 Å². The van der Waals surface area contributed by atoms with Gasteiger partial charge in [-0.05, 0) is 80.5 Å². The summed E-state index contributed by atoms with van der Waals surface area (Å²) < 4.78 is 15.4. The standard InChI is InChI=1S/C23H33BrO5/c1-5-27-21(26)29-23(4)13-17(28-20(23)25)9-8-15(2)18-10-11-19-16(14-24)7-6-12-22(18,19)3/h13-15,18-19H,5-12H2,1-4H3/b16-14+/t15-,18-,19?,22-,23+/m1/s1. The van der Waals surface area contributed by atoms with Crippen molar-refractivity contribution >= 4 is 28.1 Å². The third kappa shape index (κ3) is 4.42. The Hall–Kier alpha value is -1.30. The molecule has 29 heavy (non-hydrogen) atoms. The molecule has 0 bridgehead atoms. The van der Waals surface area contributed by atoms with E-state index < -0.39 is 17.7 Å². The quantitative estimate of drug-likeness (QED) is 0.429. The predicted octanol–water partition coefficient (Wildman–Crippen LogP) is 6.27. The monoisotopic (exact) mass is 468 g/mol. The van der Waals surface area contributed by atoms with E-state index in [9.17, 15) is 9.59 Å². The van der Waals surface area contributed by atoms with Crippen molar-refractivity contribution in [1.82, 2.24) is 0 Å². The zero-order chi connectivity index (χ0) is 21.2. The number of allylic oxidation sites excluding steroid dienone is 2. The minimum absolute atomic E-state index is 0.200. The Balaban J connectivity index is 1.61. The first-order chi connectivity index (χ1) is 13.7. The first kappa shape index (κ1) is 22.4. The van der Waals surface area contributed by atoms with Gasteiger partial charge in [0, 0.05) is 12.5 Å². The topological polar surface area (TPSA) is 61.8 Å². The van der Waals surface area contributed by atoms with Crippen LogP contribution in [0, 0.1) is 23.2 Å². The van der Waals surface area contributed by atoms with Gasteiger partial charge in [-0.2, -0.15) is 0 Å². The molecule has 0 aromatic carbocycles. The molecule has 0 aromatic heterocycles. The van der Waals surface area contributed by atoms with E-state index in [0.717, 1.165) is 6.42 Å². The fourth-order valence-electron chi connectivity index (χ4n) is 5.85. The highest BCUT2D eigenvalue weighted by atomic mass is 79.9. The molecule has 2 fully saturated rings. The van der Waals surface area contributed by atoms with Gasteiger partial charge in [0.2, 0.25) is 5.60 Å². The third-order valence-corrected chi connectivity index (χ3v) is 7.92. The number of ether oxygens (including phenoxy) is 3. The number of carbonyl (C=O) groups is 2. The number of halogens is 1. The van der Waals surface area contributed by atoms with E-state index in [-0.39, 0.29) is 6.61 Å². The van der Waals surface area contributed by atoms with E-state index in [1.807, 2.05) is 0 Å². The van der Waals surface area contributed by atoms with Crippen LogP contribution in [0.25, 0.3) is 0 Å². The number of esters is 1. The van der Waals surface area contributed by atoms with Crippen LogP contribution in [-0.4, -0.2) is 24.3 Å². The van der Waals surface area contributed by atoms with Crippen molar-refractivity contribution in [3.63, 3.8) is 0 Å². The van der Waals surface area contributed by atoms with Crippen LogP contribution in [0.4, 0.5) is 4.79 Å². The molecule has 1 unspecified atom stereocenters. The van der Waals surface area contributed by atoms with Crippen molar-refractivity contribution in [2.45, 2.75) is 78.2 Å². The summed E-state index contributed by atoms with van der Waals surface area (Å²) in [5.74, 6) is 1.94. The molecular weight excluding hydrogens is 436 g/mol. The lowest BCUT2D eigenvalue weighted by molar-refractivity contribution is -0.152. The molecule has 0 N–H and O–H groups in total. The van der Waals surface area contributed by atoms with E-state index in [0.29, 0.717) is 35.3 Å². The Labute approximate surface area is 182 Å². The SMILES string of the molecule is CCOC(=O)O[C@@]1(C)C=C(CC[C@@H](C)[C@H]2CCC3/C(=C/Br)CCC[C@@]32C)OC1=O. The van der Waals surface area contributed by atoms with Crippen LogP contribution in [0.5, 0.6) is 0 Å². The highest BCUT2D eigenvalue weighted by Crippen LogP contribution is 2.60. The van der Waals surface area contributed by atoms with Crippen molar-refractivity contribution in [2.24, 2.45) is 23.2 Å². The summed E-state index contributed by atoms with van der Waals surface area (Å²) in [6.07, 6.45) is 8.71. The molecule has 5 atom stereocenters. The van der Waals surface area contributed by atoms with Gasteiger partial charge < -0.3 is 14.2 Å². The minimum atomic E-state index is -1.39. The summed E-state index contributed by atoms with van der Waals surface area (Å²) in [5, 5.41) is 0. The van der Waals surface area contributed by atoms with Gasteiger partial charge in [-0.25, -0.2) is 9.59 Å². The van der Waals surface area contributed by atoms with Crippen LogP contribution in [0.1, 0.15) is 72.6 Å². The number of carbonyl (C=O) groups excluding carboxylic acids is 2. The lowest BCUT2D eigenvalue weighted by Gasteiger charge is -2.44. The number of cyclic esters (lactones) is 1. The van der Waals surface area contributed by atoms with Crippen LogP contribution in [0.15, 0.2) is 22.4 Å². The average Bonchev–Trinajstić information content (AvgIpc) is 3.16. The molecule has 2 saturated carbocycles. The fourth-order valence-corrected chi connectivity index (χ4v) is 6.40. The largest absolute Gasteiger partial charge is 0.509 e. The summed E-state index contributed by atoms with van der Waals surface area (Å²) >= 11 is 3.58. The second kappa shape index (κ2) is 8.83. The molecule has 5 nitrogen and oxygen atoms in total. The van der Waals surface area contributed by atoms with Crippen molar-refractivity contribution in [3.05, 3.63) is 22.4 Å². The van der Waals surface area contributed by atoms with Crippen molar-refractivity contribution < 1.29 is 23.8 Å². The molecule has 0 amide bonds. The Kier molecular flexibility index (Phi) is 6.81. The summed E-state index contributed by atoms with van der Waals surface area (Å²) in [7, 11) is 0. The molecule has 1 aliphatic heterocycles. The molecule has 6 heteroatoms. The second-order valence-corrected chi connectivity index (χ2v) is 9.65. The number of hydrogen-bond acceptors (Lipinski definition) is 5. The molecule has 162 valence electrons. The van der Waals surface area contributed by atoms with Gasteiger partial charge in [-0.15, -0.1) is 0 Å². The number of rotatable bonds is 6. The fraction of sp³-hybridized carbons (Fsp3) is 0.739. The van der Waals surface area contributed by atoms with Gasteiger partial charge in [-0.1, -0.05) is 35.4 Å². The van der Waals surface area contributed by atoms with E-state index in [1.54, 1.807) is 25.5 Å². The van der Waals surface area contributed by atoms with Crippen LogP contribution >= 0.6 is 15.9 Å². The van der Waals surface area contributed by atoms with Gasteiger partial charge in [0.1, 0.15) is 5.76 Å². The zero-order valence-corrected chi connectivity index (χ0v) is 19.5. The van der Waals surface area contributed by atoms with Crippen molar-refractivity contribution in [2.75, 3.05) is 6.61 Å². The summed E-state index contributed by atoms with van der Waals surface area (Å²) in [5.41, 5.74) is 0.543. The van der Waals surface area contributed by atoms with Gasteiger partial charge in [-0.3, -0.25) is 0 Å². The molecule has 0 spiro atoms. The number of hydrogen-bond donors (Lipinski definition) is 0. The van der Waals surface area contributed by atoms with Gasteiger partial charge in [0.15, 0.2) is 0 Å². The predicted molar refractivity (Wildman–Crippen MR) is 114 cm³/mol. The Morgan fingerprint density at radius 2 is 2.17 bits per heavy atom. The minimum Gasteiger partial charge on any atom is -0.435 e. The first-order valence-electron chi connectivity index (χ1n) is 10.8. The highest BCUT2D eigenvalue weighted by molar-refractivity contribution is 9.11. The maximum absolute atomic E-state index is 12.2. The molecule has 3 rings (SSSR count).